The summed E-state index contributed by atoms with van der Waals surface area (Å²) in [6.07, 6.45) is 9.32. The van der Waals surface area contributed by atoms with E-state index in [1.165, 1.54) is 38.5 Å². The molecule has 3 fully saturated rings. The molecule has 0 aromatic rings. The Hall–Kier alpha value is -0.550. The van der Waals surface area contributed by atoms with Gasteiger partial charge in [-0.25, -0.2) is 0 Å². The van der Waals surface area contributed by atoms with Gasteiger partial charge in [-0.3, -0.25) is 4.90 Å². The minimum absolute atomic E-state index is 0.344. The van der Waals surface area contributed by atoms with Crippen molar-refractivity contribution < 1.29 is 0 Å². The number of nitriles is 1. The average Bonchev–Trinajstić information content (AvgIpc) is 2.90. The zero-order valence-electron chi connectivity index (χ0n) is 8.65. The predicted molar refractivity (Wildman–Crippen MR) is 54.6 cm³/mol. The van der Waals surface area contributed by atoms with Gasteiger partial charge in [-0.2, -0.15) is 5.26 Å². The van der Waals surface area contributed by atoms with Crippen LogP contribution in [0, 0.1) is 17.2 Å². The molecule has 0 N–H and O–H groups in total. The van der Waals surface area contributed by atoms with Gasteiger partial charge in [0.25, 0.3) is 0 Å². The summed E-state index contributed by atoms with van der Waals surface area (Å²) in [4.78, 5) is 2.72. The van der Waals surface area contributed by atoms with E-state index in [9.17, 15) is 0 Å². The van der Waals surface area contributed by atoms with Crippen LogP contribution in [0.25, 0.3) is 0 Å². The Balaban J connectivity index is 1.79. The first-order chi connectivity index (χ1) is 6.90. The van der Waals surface area contributed by atoms with Crippen molar-refractivity contribution in [2.24, 2.45) is 5.92 Å². The van der Waals surface area contributed by atoms with Crippen molar-refractivity contribution in [2.75, 3.05) is 0 Å². The third-order valence-electron chi connectivity index (χ3n) is 4.54. The van der Waals surface area contributed by atoms with E-state index in [1.54, 1.807) is 0 Å². The molecular weight excluding hydrogens is 172 g/mol. The second-order valence-electron chi connectivity index (χ2n) is 5.14. The molecule has 2 bridgehead atoms. The van der Waals surface area contributed by atoms with E-state index < -0.39 is 0 Å². The van der Waals surface area contributed by atoms with Gasteiger partial charge < -0.3 is 0 Å². The van der Waals surface area contributed by atoms with E-state index in [0.717, 1.165) is 18.5 Å². The first-order valence-corrected chi connectivity index (χ1v) is 6.07. The molecule has 2 heteroatoms. The lowest BCUT2D eigenvalue weighted by Crippen LogP contribution is -2.40. The van der Waals surface area contributed by atoms with Gasteiger partial charge in [0.15, 0.2) is 0 Å². The summed E-state index contributed by atoms with van der Waals surface area (Å²) in [7, 11) is 0. The molecule has 14 heavy (non-hydrogen) atoms. The van der Waals surface area contributed by atoms with Crippen LogP contribution >= 0.6 is 0 Å². The molecule has 2 saturated heterocycles. The Morgan fingerprint density at radius 2 is 1.57 bits per heavy atom. The maximum Gasteiger partial charge on any atom is 0.0672 e. The predicted octanol–water partition coefficient (Wildman–Crippen LogP) is 2.31. The molecule has 1 aliphatic carbocycles. The fourth-order valence-corrected chi connectivity index (χ4v) is 3.94. The lowest BCUT2D eigenvalue weighted by Gasteiger charge is -2.30. The van der Waals surface area contributed by atoms with E-state index in [4.69, 9.17) is 5.26 Å². The summed E-state index contributed by atoms with van der Waals surface area (Å²) in [6.45, 7) is 0. The molecular formula is C12H18N2. The van der Waals surface area contributed by atoms with Gasteiger partial charge in [0.05, 0.1) is 12.0 Å². The molecule has 0 spiro atoms. The Kier molecular flexibility index (Phi) is 2.02. The van der Waals surface area contributed by atoms with Crippen molar-refractivity contribution in [1.82, 2.24) is 4.90 Å². The highest BCUT2D eigenvalue weighted by Crippen LogP contribution is 2.43. The molecule has 2 heterocycles. The van der Waals surface area contributed by atoms with Crippen molar-refractivity contribution in [3.63, 3.8) is 0 Å². The molecule has 0 aromatic carbocycles. The molecule has 2 nitrogen and oxygen atoms in total. The van der Waals surface area contributed by atoms with Crippen molar-refractivity contribution >= 4 is 0 Å². The van der Waals surface area contributed by atoms with Crippen LogP contribution < -0.4 is 0 Å². The minimum atomic E-state index is 0.344. The minimum Gasteiger partial charge on any atom is -0.293 e. The highest BCUT2D eigenvalue weighted by atomic mass is 15.3. The monoisotopic (exact) mass is 190 g/mol. The first-order valence-electron chi connectivity index (χ1n) is 6.07. The van der Waals surface area contributed by atoms with Crippen molar-refractivity contribution in [2.45, 2.75) is 63.1 Å². The van der Waals surface area contributed by atoms with E-state index in [1.807, 2.05) is 0 Å². The molecule has 0 amide bonds. The maximum absolute atomic E-state index is 9.11. The number of hydrogen-bond donors (Lipinski definition) is 0. The van der Waals surface area contributed by atoms with Crippen LogP contribution in [0.1, 0.15) is 44.9 Å². The fourth-order valence-electron chi connectivity index (χ4n) is 3.94. The van der Waals surface area contributed by atoms with Gasteiger partial charge in [-0.05, 0) is 38.5 Å². The lowest BCUT2D eigenvalue weighted by molar-refractivity contribution is 0.158. The number of rotatable bonds is 1. The zero-order chi connectivity index (χ0) is 9.54. The molecule has 3 rings (SSSR count). The van der Waals surface area contributed by atoms with Crippen LogP contribution in [0.4, 0.5) is 0 Å². The first kappa shape index (κ1) is 8.73. The summed E-state index contributed by atoms with van der Waals surface area (Å²) < 4.78 is 0. The van der Waals surface area contributed by atoms with Crippen molar-refractivity contribution in [3.8, 4) is 6.07 Å². The van der Waals surface area contributed by atoms with Gasteiger partial charge >= 0.3 is 0 Å². The molecule has 0 aromatic heterocycles. The highest BCUT2D eigenvalue weighted by Gasteiger charge is 2.46. The quantitative estimate of drug-likeness (QED) is 0.634. The summed E-state index contributed by atoms with van der Waals surface area (Å²) >= 11 is 0. The normalized spacial score (nSPS) is 47.1. The summed E-state index contributed by atoms with van der Waals surface area (Å²) in [5, 5.41) is 9.11. The Labute approximate surface area is 85.9 Å². The second-order valence-corrected chi connectivity index (χ2v) is 5.14. The maximum atomic E-state index is 9.11. The van der Waals surface area contributed by atoms with Gasteiger partial charge in [0.2, 0.25) is 0 Å². The van der Waals surface area contributed by atoms with Gasteiger partial charge in [-0.1, -0.05) is 6.42 Å². The van der Waals surface area contributed by atoms with E-state index in [2.05, 4.69) is 11.0 Å². The summed E-state index contributed by atoms with van der Waals surface area (Å²) in [6, 6.07) is 4.84. The zero-order valence-corrected chi connectivity index (χ0v) is 8.65. The third kappa shape index (κ3) is 1.12. The smallest absolute Gasteiger partial charge is 0.0672 e. The van der Waals surface area contributed by atoms with E-state index in [0.29, 0.717) is 12.0 Å². The van der Waals surface area contributed by atoms with Crippen molar-refractivity contribution in [1.29, 1.82) is 5.26 Å². The van der Waals surface area contributed by atoms with Gasteiger partial charge in [0, 0.05) is 18.1 Å². The molecule has 76 valence electrons. The number of nitrogens with zero attached hydrogens (tertiary/aromatic N) is 2. The molecule has 3 aliphatic rings. The average molecular weight is 190 g/mol. The van der Waals surface area contributed by atoms with Crippen LogP contribution in [0.5, 0.6) is 0 Å². The Bertz CT molecular complexity index is 248. The second kappa shape index (κ2) is 3.24. The Morgan fingerprint density at radius 3 is 2.14 bits per heavy atom. The van der Waals surface area contributed by atoms with Gasteiger partial charge in [0.1, 0.15) is 0 Å². The lowest BCUT2D eigenvalue weighted by atomic mass is 10.0. The number of fused-ring (bicyclic) bond motifs is 2. The molecule has 2 aliphatic heterocycles. The number of hydrogen-bond acceptors (Lipinski definition) is 2. The van der Waals surface area contributed by atoms with Crippen molar-refractivity contribution in [3.05, 3.63) is 0 Å². The molecule has 2 atom stereocenters. The summed E-state index contributed by atoms with van der Waals surface area (Å²) in [5.74, 6) is 0.344. The van der Waals surface area contributed by atoms with E-state index in [-0.39, 0.29) is 0 Å². The highest BCUT2D eigenvalue weighted by molar-refractivity contribution is 5.05. The van der Waals surface area contributed by atoms with Crippen LogP contribution in [0.2, 0.25) is 0 Å². The molecule has 0 radical (unpaired) electrons. The SMILES string of the molecule is N#CC1CCCC1N1C2CCC1CC2. The van der Waals surface area contributed by atoms with Crippen LogP contribution in [-0.4, -0.2) is 23.0 Å². The largest absolute Gasteiger partial charge is 0.293 e. The van der Waals surface area contributed by atoms with Crippen LogP contribution in [0.15, 0.2) is 0 Å². The van der Waals surface area contributed by atoms with Gasteiger partial charge in [-0.15, -0.1) is 0 Å². The Morgan fingerprint density at radius 1 is 0.929 bits per heavy atom. The standard InChI is InChI=1S/C12H18N2/c13-8-9-2-1-3-12(9)14-10-4-5-11(14)7-6-10/h9-12H,1-7H2. The third-order valence-corrected chi connectivity index (χ3v) is 4.54. The molecule has 2 unspecified atom stereocenters. The molecule has 1 saturated carbocycles. The van der Waals surface area contributed by atoms with Crippen LogP contribution in [0.3, 0.4) is 0 Å². The van der Waals surface area contributed by atoms with E-state index >= 15 is 0 Å². The fraction of sp³-hybridized carbons (Fsp3) is 0.917. The summed E-state index contributed by atoms with van der Waals surface area (Å²) in [5.41, 5.74) is 0. The topological polar surface area (TPSA) is 27.0 Å². The van der Waals surface area contributed by atoms with Crippen LogP contribution in [-0.2, 0) is 0 Å².